The van der Waals surface area contributed by atoms with Crippen LogP contribution in [0.2, 0.25) is 0 Å². The molecule has 0 amide bonds. The Morgan fingerprint density at radius 2 is 2.35 bits per heavy atom. The van der Waals surface area contributed by atoms with Crippen molar-refractivity contribution in [3.8, 4) is 0 Å². The van der Waals surface area contributed by atoms with Gasteiger partial charge < -0.3 is 5.11 Å². The topological polar surface area (TPSA) is 82.5 Å². The summed E-state index contributed by atoms with van der Waals surface area (Å²) in [6, 6.07) is 3.75. The molecule has 0 saturated carbocycles. The molecule has 1 fully saturated rings. The van der Waals surface area contributed by atoms with E-state index in [2.05, 4.69) is 9.71 Å². The van der Waals surface area contributed by atoms with Crippen LogP contribution in [0, 0.1) is 5.92 Å². The van der Waals surface area contributed by atoms with Gasteiger partial charge in [0.05, 0.1) is 0 Å². The first-order chi connectivity index (χ1) is 9.62. The first-order valence-electron chi connectivity index (χ1n) is 6.86. The lowest BCUT2D eigenvalue weighted by Gasteiger charge is -2.30. The highest BCUT2D eigenvalue weighted by Gasteiger charge is 2.27. The van der Waals surface area contributed by atoms with E-state index < -0.39 is 10.2 Å². The standard InChI is InChI=1S/C13H21N3O3S/c17-11-13-4-2-8-16(10-13)20(18,19)15-7-5-12-3-1-6-14-9-12/h1,3,6,9,13,15,17H,2,4-5,7-8,10-11H2. The number of aromatic nitrogens is 1. The lowest BCUT2D eigenvalue weighted by atomic mass is 10.0. The fraction of sp³-hybridized carbons (Fsp3) is 0.615. The molecular weight excluding hydrogens is 278 g/mol. The van der Waals surface area contributed by atoms with Gasteiger partial charge in [-0.3, -0.25) is 4.98 Å². The van der Waals surface area contributed by atoms with E-state index in [4.69, 9.17) is 5.11 Å². The zero-order chi connectivity index (χ0) is 14.4. The summed E-state index contributed by atoms with van der Waals surface area (Å²) < 4.78 is 28.4. The Bertz CT molecular complexity index is 507. The number of pyridine rings is 1. The van der Waals surface area contributed by atoms with E-state index in [0.717, 1.165) is 18.4 Å². The number of nitrogens with one attached hydrogen (secondary N) is 1. The zero-order valence-corrected chi connectivity index (χ0v) is 12.2. The number of aliphatic hydroxyl groups is 1. The average Bonchev–Trinajstić information content (AvgIpc) is 2.48. The molecule has 20 heavy (non-hydrogen) atoms. The average molecular weight is 299 g/mol. The molecule has 1 saturated heterocycles. The molecule has 0 aliphatic carbocycles. The fourth-order valence-corrected chi connectivity index (χ4v) is 3.67. The Kier molecular flexibility index (Phi) is 5.47. The van der Waals surface area contributed by atoms with Gasteiger partial charge in [-0.1, -0.05) is 6.07 Å². The third-order valence-corrected chi connectivity index (χ3v) is 5.08. The summed E-state index contributed by atoms with van der Waals surface area (Å²) in [7, 11) is -3.44. The molecule has 112 valence electrons. The van der Waals surface area contributed by atoms with Crippen molar-refractivity contribution >= 4 is 10.2 Å². The van der Waals surface area contributed by atoms with E-state index in [0.29, 0.717) is 26.1 Å². The first-order valence-corrected chi connectivity index (χ1v) is 8.30. The third kappa shape index (κ3) is 4.24. The Morgan fingerprint density at radius 1 is 1.50 bits per heavy atom. The van der Waals surface area contributed by atoms with Gasteiger partial charge in [0.1, 0.15) is 0 Å². The van der Waals surface area contributed by atoms with E-state index >= 15 is 0 Å². The minimum absolute atomic E-state index is 0.0434. The van der Waals surface area contributed by atoms with Crippen LogP contribution in [0.1, 0.15) is 18.4 Å². The zero-order valence-electron chi connectivity index (χ0n) is 11.4. The molecule has 7 heteroatoms. The van der Waals surface area contributed by atoms with Crippen LogP contribution in [0.5, 0.6) is 0 Å². The predicted molar refractivity (Wildman–Crippen MR) is 76.2 cm³/mol. The molecular formula is C13H21N3O3S. The van der Waals surface area contributed by atoms with Gasteiger partial charge in [0.15, 0.2) is 0 Å². The molecule has 1 aliphatic heterocycles. The summed E-state index contributed by atoms with van der Waals surface area (Å²) in [6.45, 7) is 1.33. The molecule has 1 atom stereocenters. The highest BCUT2D eigenvalue weighted by Crippen LogP contribution is 2.17. The highest BCUT2D eigenvalue weighted by atomic mass is 32.2. The maximum absolute atomic E-state index is 12.2. The third-order valence-electron chi connectivity index (χ3n) is 3.50. The van der Waals surface area contributed by atoms with Gasteiger partial charge in [-0.25, -0.2) is 4.72 Å². The molecule has 2 heterocycles. The minimum Gasteiger partial charge on any atom is -0.396 e. The molecule has 6 nitrogen and oxygen atoms in total. The number of nitrogens with zero attached hydrogens (tertiary/aromatic N) is 2. The van der Waals surface area contributed by atoms with Gasteiger partial charge in [-0.05, 0) is 36.8 Å². The summed E-state index contributed by atoms with van der Waals surface area (Å²) in [5.41, 5.74) is 1.00. The molecule has 1 aromatic heterocycles. The van der Waals surface area contributed by atoms with E-state index in [1.807, 2.05) is 12.1 Å². The molecule has 1 unspecified atom stereocenters. The van der Waals surface area contributed by atoms with Crippen molar-refractivity contribution in [3.05, 3.63) is 30.1 Å². The van der Waals surface area contributed by atoms with Crippen molar-refractivity contribution in [1.29, 1.82) is 0 Å². The number of piperidine rings is 1. The molecule has 0 radical (unpaired) electrons. The van der Waals surface area contributed by atoms with Crippen LogP contribution in [0.4, 0.5) is 0 Å². The molecule has 2 rings (SSSR count). The maximum atomic E-state index is 12.2. The number of aliphatic hydroxyl groups excluding tert-OH is 1. The Balaban J connectivity index is 1.84. The molecule has 2 N–H and O–H groups in total. The van der Waals surface area contributed by atoms with Gasteiger partial charge in [-0.15, -0.1) is 0 Å². The number of hydrogen-bond acceptors (Lipinski definition) is 4. The van der Waals surface area contributed by atoms with Crippen molar-refractivity contribution < 1.29 is 13.5 Å². The van der Waals surface area contributed by atoms with E-state index in [1.54, 1.807) is 12.4 Å². The second-order valence-corrected chi connectivity index (χ2v) is 6.81. The molecule has 0 bridgehead atoms. The monoisotopic (exact) mass is 299 g/mol. The number of rotatable bonds is 6. The van der Waals surface area contributed by atoms with Gasteiger partial charge >= 0.3 is 0 Å². The van der Waals surface area contributed by atoms with Crippen LogP contribution in [-0.4, -0.2) is 49.1 Å². The van der Waals surface area contributed by atoms with Crippen LogP contribution in [0.3, 0.4) is 0 Å². The summed E-state index contributed by atoms with van der Waals surface area (Å²) in [5.74, 6) is 0.0543. The summed E-state index contributed by atoms with van der Waals surface area (Å²) in [5, 5.41) is 9.15. The van der Waals surface area contributed by atoms with Crippen LogP contribution in [0.15, 0.2) is 24.5 Å². The second kappa shape index (κ2) is 7.12. The highest BCUT2D eigenvalue weighted by molar-refractivity contribution is 7.87. The number of hydrogen-bond donors (Lipinski definition) is 2. The van der Waals surface area contributed by atoms with Crippen LogP contribution >= 0.6 is 0 Å². The Morgan fingerprint density at radius 3 is 3.05 bits per heavy atom. The molecule has 0 spiro atoms. The van der Waals surface area contributed by atoms with Crippen molar-refractivity contribution in [2.24, 2.45) is 5.92 Å². The quantitative estimate of drug-likeness (QED) is 0.784. The van der Waals surface area contributed by atoms with E-state index in [-0.39, 0.29) is 12.5 Å². The predicted octanol–water partition coefficient (Wildman–Crippen LogP) is 0.163. The Labute approximate surface area is 120 Å². The smallest absolute Gasteiger partial charge is 0.279 e. The Hall–Kier alpha value is -1.02. The minimum atomic E-state index is -3.44. The van der Waals surface area contributed by atoms with Crippen LogP contribution in [0.25, 0.3) is 0 Å². The molecule has 1 aromatic rings. The van der Waals surface area contributed by atoms with Gasteiger partial charge in [0.2, 0.25) is 0 Å². The van der Waals surface area contributed by atoms with E-state index in [9.17, 15) is 8.42 Å². The largest absolute Gasteiger partial charge is 0.396 e. The van der Waals surface area contributed by atoms with Crippen LogP contribution < -0.4 is 4.72 Å². The summed E-state index contributed by atoms with van der Waals surface area (Å²) >= 11 is 0. The molecule has 0 aromatic carbocycles. The van der Waals surface area contributed by atoms with Crippen molar-refractivity contribution in [2.45, 2.75) is 19.3 Å². The first kappa shape index (κ1) is 15.4. The van der Waals surface area contributed by atoms with Crippen molar-refractivity contribution in [2.75, 3.05) is 26.2 Å². The van der Waals surface area contributed by atoms with Gasteiger partial charge in [0.25, 0.3) is 10.2 Å². The van der Waals surface area contributed by atoms with Crippen molar-refractivity contribution in [1.82, 2.24) is 14.0 Å². The lowest BCUT2D eigenvalue weighted by molar-refractivity contribution is 0.165. The van der Waals surface area contributed by atoms with Gasteiger partial charge in [-0.2, -0.15) is 12.7 Å². The van der Waals surface area contributed by atoms with E-state index in [1.165, 1.54) is 4.31 Å². The SMILES string of the molecule is O=S(=O)(NCCc1cccnc1)N1CCCC(CO)C1. The molecule has 1 aliphatic rings. The lowest BCUT2D eigenvalue weighted by Crippen LogP contribution is -2.47. The summed E-state index contributed by atoms with van der Waals surface area (Å²) in [6.07, 6.45) is 5.73. The fourth-order valence-electron chi connectivity index (χ4n) is 2.36. The van der Waals surface area contributed by atoms with Crippen LogP contribution in [-0.2, 0) is 16.6 Å². The normalized spacial score (nSPS) is 20.9. The van der Waals surface area contributed by atoms with Gasteiger partial charge in [0, 0.05) is 38.6 Å². The second-order valence-electron chi connectivity index (χ2n) is 5.06. The van der Waals surface area contributed by atoms with Crippen molar-refractivity contribution in [3.63, 3.8) is 0 Å². The maximum Gasteiger partial charge on any atom is 0.279 e. The summed E-state index contributed by atoms with van der Waals surface area (Å²) in [4.78, 5) is 4.00.